The van der Waals surface area contributed by atoms with E-state index >= 15 is 0 Å². The lowest BCUT2D eigenvalue weighted by molar-refractivity contribution is 0.0485. The molecule has 2 saturated heterocycles. The highest BCUT2D eigenvalue weighted by atomic mass is 32.2. The van der Waals surface area contributed by atoms with Crippen LogP contribution in [-0.2, 0) is 10.0 Å². The van der Waals surface area contributed by atoms with Crippen molar-refractivity contribution in [2.24, 2.45) is 10.8 Å². The second kappa shape index (κ2) is 8.28. The van der Waals surface area contributed by atoms with Gasteiger partial charge in [-0.15, -0.1) is 0 Å². The fourth-order valence-electron chi connectivity index (χ4n) is 4.35. The minimum absolute atomic E-state index is 0.141. The van der Waals surface area contributed by atoms with Crippen LogP contribution in [0, 0.1) is 10.8 Å². The molecule has 1 N–H and O–H groups in total. The highest BCUT2D eigenvalue weighted by Crippen LogP contribution is 2.41. The highest BCUT2D eigenvalue weighted by Gasteiger charge is 2.42. The molecule has 158 valence electrons. The van der Waals surface area contributed by atoms with Crippen molar-refractivity contribution in [3.05, 3.63) is 18.3 Å². The number of hydrogen-bond acceptors (Lipinski definition) is 5. The Balaban J connectivity index is 1.64. The maximum Gasteiger partial charge on any atom is 0.244 e. The van der Waals surface area contributed by atoms with Crippen LogP contribution in [0.4, 0.5) is 5.82 Å². The number of piperidine rings is 2. The first-order chi connectivity index (χ1) is 13.1. The van der Waals surface area contributed by atoms with Crippen LogP contribution in [0.3, 0.4) is 0 Å². The fourth-order valence-corrected chi connectivity index (χ4v) is 5.89. The summed E-state index contributed by atoms with van der Waals surface area (Å²) in [4.78, 5) is 7.05. The van der Waals surface area contributed by atoms with Gasteiger partial charge in [-0.25, -0.2) is 13.4 Å². The van der Waals surface area contributed by atoms with E-state index in [2.05, 4.69) is 36.0 Å². The third-order valence-corrected chi connectivity index (χ3v) is 8.18. The smallest absolute Gasteiger partial charge is 0.244 e. The normalized spacial score (nSPS) is 21.7. The first-order valence-corrected chi connectivity index (χ1v) is 11.9. The second-order valence-corrected chi connectivity index (χ2v) is 11.7. The van der Waals surface area contributed by atoms with Crippen LogP contribution in [0.1, 0.15) is 52.9 Å². The van der Waals surface area contributed by atoms with Crippen LogP contribution >= 0.6 is 0 Å². The van der Waals surface area contributed by atoms with Gasteiger partial charge in [0.2, 0.25) is 10.0 Å². The van der Waals surface area contributed by atoms with E-state index in [1.807, 2.05) is 0 Å². The van der Waals surface area contributed by atoms with Crippen molar-refractivity contribution in [2.75, 3.05) is 45.1 Å². The third kappa shape index (κ3) is 5.05. The van der Waals surface area contributed by atoms with Crippen LogP contribution in [0.15, 0.2) is 23.2 Å². The molecule has 2 aliphatic rings. The van der Waals surface area contributed by atoms with Crippen molar-refractivity contribution in [3.8, 4) is 0 Å². The molecule has 7 heteroatoms. The molecule has 0 unspecified atom stereocenters. The quantitative estimate of drug-likeness (QED) is 0.809. The first-order valence-electron chi connectivity index (χ1n) is 10.5. The number of hydrogen-bond donors (Lipinski definition) is 1. The summed E-state index contributed by atoms with van der Waals surface area (Å²) in [5, 5.41) is 2.93. The predicted octanol–water partition coefficient (Wildman–Crippen LogP) is 3.43. The van der Waals surface area contributed by atoms with Crippen LogP contribution < -0.4 is 5.32 Å². The minimum atomic E-state index is -3.48. The van der Waals surface area contributed by atoms with E-state index in [1.54, 1.807) is 23.5 Å². The van der Waals surface area contributed by atoms with Crippen molar-refractivity contribution in [2.45, 2.75) is 57.8 Å². The van der Waals surface area contributed by atoms with Crippen molar-refractivity contribution < 1.29 is 8.42 Å². The Morgan fingerprint density at radius 3 is 2.43 bits per heavy atom. The van der Waals surface area contributed by atoms with E-state index in [4.69, 9.17) is 0 Å². The molecule has 1 aromatic heterocycles. The standard InChI is InChI=1S/C21H36N4O2S/c1-20(2,3)9-13-24-14-10-21(11-15-24)8-5-12-25(17-21)28(26,27)18-6-7-19(22-4)23-16-18/h6-7,16H,5,8-15,17H2,1-4H3,(H,22,23). The molecule has 0 saturated carbocycles. The van der Waals surface area contributed by atoms with E-state index in [1.165, 1.54) is 12.6 Å². The Labute approximate surface area is 170 Å². The molecular formula is C21H36N4O2S. The van der Waals surface area contributed by atoms with Crippen molar-refractivity contribution in [3.63, 3.8) is 0 Å². The van der Waals surface area contributed by atoms with Crippen LogP contribution in [0.5, 0.6) is 0 Å². The molecule has 0 atom stereocenters. The summed E-state index contributed by atoms with van der Waals surface area (Å²) in [6.07, 6.45) is 6.96. The molecule has 0 radical (unpaired) electrons. The lowest BCUT2D eigenvalue weighted by atomic mass is 9.73. The zero-order valence-corrected chi connectivity index (χ0v) is 18.7. The van der Waals surface area contributed by atoms with Crippen molar-refractivity contribution >= 4 is 15.8 Å². The van der Waals surface area contributed by atoms with Crippen molar-refractivity contribution in [1.29, 1.82) is 0 Å². The number of likely N-dealkylation sites (tertiary alicyclic amines) is 1. The lowest BCUT2D eigenvalue weighted by Crippen LogP contribution is -2.51. The largest absolute Gasteiger partial charge is 0.373 e. The van der Waals surface area contributed by atoms with Gasteiger partial charge in [-0.3, -0.25) is 0 Å². The molecule has 2 fully saturated rings. The molecule has 2 aliphatic heterocycles. The Bertz CT molecular complexity index is 748. The molecule has 3 rings (SSSR count). The lowest BCUT2D eigenvalue weighted by Gasteiger charge is -2.47. The van der Waals surface area contributed by atoms with Gasteiger partial charge < -0.3 is 10.2 Å². The SMILES string of the molecule is CNc1ccc(S(=O)(=O)N2CCCC3(CCN(CCC(C)(C)C)CC3)C2)cn1. The molecule has 3 heterocycles. The number of sulfonamides is 1. The Hall–Kier alpha value is -1.18. The Kier molecular flexibility index (Phi) is 6.37. The molecule has 1 aromatic rings. The zero-order valence-electron chi connectivity index (χ0n) is 17.9. The van der Waals surface area contributed by atoms with Gasteiger partial charge >= 0.3 is 0 Å². The van der Waals surface area contributed by atoms with Gasteiger partial charge in [0, 0.05) is 26.3 Å². The maximum absolute atomic E-state index is 13.1. The highest BCUT2D eigenvalue weighted by molar-refractivity contribution is 7.89. The average Bonchev–Trinajstić information content (AvgIpc) is 2.67. The topological polar surface area (TPSA) is 65.5 Å². The molecule has 0 aliphatic carbocycles. The number of aromatic nitrogens is 1. The van der Waals surface area contributed by atoms with Crippen LogP contribution in [0.2, 0.25) is 0 Å². The van der Waals surface area contributed by atoms with Crippen LogP contribution in [-0.4, -0.2) is 62.4 Å². The molecule has 0 bridgehead atoms. The van der Waals surface area contributed by atoms with E-state index in [0.717, 1.165) is 45.3 Å². The van der Waals surface area contributed by atoms with E-state index < -0.39 is 10.0 Å². The van der Waals surface area contributed by atoms with Gasteiger partial charge in [-0.05, 0) is 74.7 Å². The minimum Gasteiger partial charge on any atom is -0.373 e. The molecule has 6 nitrogen and oxygen atoms in total. The summed E-state index contributed by atoms with van der Waals surface area (Å²) in [5.74, 6) is 0.677. The van der Waals surface area contributed by atoms with Gasteiger partial charge in [0.25, 0.3) is 0 Å². The summed E-state index contributed by atoms with van der Waals surface area (Å²) in [6, 6.07) is 3.38. The number of pyridine rings is 1. The van der Waals surface area contributed by atoms with Gasteiger partial charge in [-0.2, -0.15) is 4.31 Å². The second-order valence-electron chi connectivity index (χ2n) is 9.72. The van der Waals surface area contributed by atoms with E-state index in [0.29, 0.717) is 29.2 Å². The molecule has 28 heavy (non-hydrogen) atoms. The first kappa shape index (κ1) is 21.5. The maximum atomic E-state index is 13.1. The van der Waals surface area contributed by atoms with Gasteiger partial charge in [0.05, 0.1) is 0 Å². The predicted molar refractivity (Wildman–Crippen MR) is 114 cm³/mol. The Morgan fingerprint density at radius 1 is 1.14 bits per heavy atom. The Morgan fingerprint density at radius 2 is 1.86 bits per heavy atom. The van der Waals surface area contributed by atoms with E-state index in [-0.39, 0.29) is 5.41 Å². The average molecular weight is 409 g/mol. The fraction of sp³-hybridized carbons (Fsp3) is 0.762. The summed E-state index contributed by atoms with van der Waals surface area (Å²) >= 11 is 0. The molecule has 0 amide bonds. The van der Waals surface area contributed by atoms with Crippen molar-refractivity contribution in [1.82, 2.24) is 14.2 Å². The number of nitrogens with zero attached hydrogens (tertiary/aromatic N) is 3. The zero-order chi connectivity index (χ0) is 20.4. The van der Waals surface area contributed by atoms with E-state index in [9.17, 15) is 8.42 Å². The summed E-state index contributed by atoms with van der Waals surface area (Å²) < 4.78 is 28.0. The van der Waals surface area contributed by atoms with Gasteiger partial charge in [0.1, 0.15) is 10.7 Å². The number of nitrogens with one attached hydrogen (secondary N) is 1. The molecular weight excluding hydrogens is 372 g/mol. The van der Waals surface area contributed by atoms with Gasteiger partial charge in [0.15, 0.2) is 0 Å². The summed E-state index contributed by atoms with van der Waals surface area (Å²) in [6.45, 7) is 11.5. The number of rotatable bonds is 5. The number of anilines is 1. The third-order valence-electron chi connectivity index (χ3n) is 6.35. The summed E-state index contributed by atoms with van der Waals surface area (Å²) in [7, 11) is -1.70. The van der Waals surface area contributed by atoms with Crippen LogP contribution in [0.25, 0.3) is 0 Å². The monoisotopic (exact) mass is 408 g/mol. The van der Waals surface area contributed by atoms with Gasteiger partial charge in [-0.1, -0.05) is 20.8 Å². The molecule has 0 aromatic carbocycles. The summed E-state index contributed by atoms with van der Waals surface area (Å²) in [5.41, 5.74) is 0.504. The molecule has 1 spiro atoms.